The number of aromatic amines is 1. The van der Waals surface area contributed by atoms with Crippen molar-refractivity contribution in [2.24, 2.45) is 0 Å². The number of nitrogens with zero attached hydrogens (tertiary/aromatic N) is 1. The van der Waals surface area contributed by atoms with E-state index in [0.29, 0.717) is 13.0 Å². The van der Waals surface area contributed by atoms with E-state index >= 15 is 0 Å². The molecule has 1 aromatic carbocycles. The largest absolute Gasteiger partial charge is 0.497 e. The first-order valence-corrected chi connectivity index (χ1v) is 5.66. The van der Waals surface area contributed by atoms with Gasteiger partial charge >= 0.3 is 0 Å². The van der Waals surface area contributed by atoms with Crippen LogP contribution in [0.15, 0.2) is 36.5 Å². The molecule has 5 heteroatoms. The summed E-state index contributed by atoms with van der Waals surface area (Å²) >= 11 is 0. The van der Waals surface area contributed by atoms with E-state index in [4.69, 9.17) is 4.74 Å². The SMILES string of the molecule is COc1cccc(CNC(=O)Cc2ccn[nH]2)c1. The second kappa shape index (κ2) is 5.86. The molecule has 1 heterocycles. The lowest BCUT2D eigenvalue weighted by Crippen LogP contribution is -2.24. The summed E-state index contributed by atoms with van der Waals surface area (Å²) in [5.74, 6) is 0.748. The Kier molecular flexibility index (Phi) is 3.96. The van der Waals surface area contributed by atoms with Crippen LogP contribution in [0.1, 0.15) is 11.3 Å². The fourth-order valence-corrected chi connectivity index (χ4v) is 1.60. The zero-order valence-corrected chi connectivity index (χ0v) is 10.1. The fraction of sp³-hybridized carbons (Fsp3) is 0.231. The van der Waals surface area contributed by atoms with Gasteiger partial charge in [-0.2, -0.15) is 5.10 Å². The van der Waals surface area contributed by atoms with Gasteiger partial charge in [0.2, 0.25) is 5.91 Å². The summed E-state index contributed by atoms with van der Waals surface area (Å²) in [5.41, 5.74) is 1.81. The number of carbonyl (C=O) groups is 1. The second-order valence-electron chi connectivity index (χ2n) is 3.89. The second-order valence-corrected chi connectivity index (χ2v) is 3.89. The van der Waals surface area contributed by atoms with Crippen molar-refractivity contribution in [3.63, 3.8) is 0 Å². The molecule has 0 radical (unpaired) electrons. The number of aromatic nitrogens is 2. The Morgan fingerprint density at radius 1 is 1.44 bits per heavy atom. The molecule has 1 amide bonds. The molecule has 2 N–H and O–H groups in total. The molecule has 18 heavy (non-hydrogen) atoms. The van der Waals surface area contributed by atoms with Crippen molar-refractivity contribution < 1.29 is 9.53 Å². The topological polar surface area (TPSA) is 67.0 Å². The number of methoxy groups -OCH3 is 1. The van der Waals surface area contributed by atoms with Crippen LogP contribution in [0.5, 0.6) is 5.75 Å². The van der Waals surface area contributed by atoms with Crippen LogP contribution in [0, 0.1) is 0 Å². The van der Waals surface area contributed by atoms with Gasteiger partial charge in [0.25, 0.3) is 0 Å². The average Bonchev–Trinajstić information content (AvgIpc) is 2.89. The molecule has 0 saturated heterocycles. The normalized spacial score (nSPS) is 10.1. The van der Waals surface area contributed by atoms with Gasteiger partial charge in [-0.1, -0.05) is 12.1 Å². The maximum atomic E-state index is 11.6. The van der Waals surface area contributed by atoms with Crippen molar-refractivity contribution >= 4 is 5.91 Å². The lowest BCUT2D eigenvalue weighted by Gasteiger charge is -2.06. The first kappa shape index (κ1) is 12.2. The number of benzene rings is 1. The Balaban J connectivity index is 1.85. The van der Waals surface area contributed by atoms with Gasteiger partial charge in [0.1, 0.15) is 5.75 Å². The molecule has 2 rings (SSSR count). The van der Waals surface area contributed by atoms with Crippen LogP contribution >= 0.6 is 0 Å². The van der Waals surface area contributed by atoms with Gasteiger partial charge in [-0.3, -0.25) is 9.89 Å². The number of nitrogens with one attached hydrogen (secondary N) is 2. The van der Waals surface area contributed by atoms with Crippen molar-refractivity contribution in [2.45, 2.75) is 13.0 Å². The lowest BCUT2D eigenvalue weighted by molar-refractivity contribution is -0.120. The Bertz CT molecular complexity index is 509. The van der Waals surface area contributed by atoms with E-state index < -0.39 is 0 Å². The van der Waals surface area contributed by atoms with E-state index in [1.165, 1.54) is 0 Å². The van der Waals surface area contributed by atoms with Crippen LogP contribution in [-0.4, -0.2) is 23.2 Å². The molecular formula is C13H15N3O2. The van der Waals surface area contributed by atoms with Crippen LogP contribution < -0.4 is 10.1 Å². The molecule has 0 spiro atoms. The highest BCUT2D eigenvalue weighted by Gasteiger charge is 2.04. The molecule has 0 aliphatic rings. The predicted octanol–water partition coefficient (Wildman–Crippen LogP) is 1.28. The Hall–Kier alpha value is -2.30. The number of ether oxygens (including phenoxy) is 1. The minimum Gasteiger partial charge on any atom is -0.497 e. The highest BCUT2D eigenvalue weighted by atomic mass is 16.5. The summed E-state index contributed by atoms with van der Waals surface area (Å²) in [7, 11) is 1.62. The first-order chi connectivity index (χ1) is 8.78. The molecule has 2 aromatic rings. The van der Waals surface area contributed by atoms with Gasteiger partial charge in [0, 0.05) is 18.4 Å². The molecule has 1 aromatic heterocycles. The Labute approximate surface area is 105 Å². The van der Waals surface area contributed by atoms with Crippen molar-refractivity contribution in [1.29, 1.82) is 0 Å². The number of carbonyl (C=O) groups excluding carboxylic acids is 1. The van der Waals surface area contributed by atoms with Crippen molar-refractivity contribution in [3.8, 4) is 5.75 Å². The van der Waals surface area contributed by atoms with Gasteiger partial charge in [-0.25, -0.2) is 0 Å². The molecule has 0 saturated carbocycles. The number of rotatable bonds is 5. The van der Waals surface area contributed by atoms with Gasteiger partial charge in [-0.05, 0) is 23.8 Å². The first-order valence-electron chi connectivity index (χ1n) is 5.66. The maximum Gasteiger partial charge on any atom is 0.226 e. The minimum absolute atomic E-state index is 0.0398. The van der Waals surface area contributed by atoms with Crippen LogP contribution in [-0.2, 0) is 17.8 Å². The van der Waals surface area contributed by atoms with Crippen molar-refractivity contribution in [1.82, 2.24) is 15.5 Å². The van der Waals surface area contributed by atoms with Crippen LogP contribution in [0.2, 0.25) is 0 Å². The third-order valence-corrected chi connectivity index (χ3v) is 2.53. The average molecular weight is 245 g/mol. The summed E-state index contributed by atoms with van der Waals surface area (Å²) in [6.45, 7) is 0.490. The van der Waals surface area contributed by atoms with Crippen molar-refractivity contribution in [3.05, 3.63) is 47.8 Å². The van der Waals surface area contributed by atoms with E-state index in [1.54, 1.807) is 19.4 Å². The minimum atomic E-state index is -0.0398. The molecular weight excluding hydrogens is 230 g/mol. The summed E-state index contributed by atoms with van der Waals surface area (Å²) in [4.78, 5) is 11.6. The number of hydrogen-bond donors (Lipinski definition) is 2. The summed E-state index contributed by atoms with van der Waals surface area (Å²) in [6.07, 6.45) is 1.94. The molecule has 94 valence electrons. The van der Waals surface area contributed by atoms with E-state index in [2.05, 4.69) is 15.5 Å². The number of amides is 1. The predicted molar refractivity (Wildman–Crippen MR) is 67.1 cm³/mol. The third-order valence-electron chi connectivity index (χ3n) is 2.53. The van der Waals surface area contributed by atoms with Gasteiger partial charge < -0.3 is 10.1 Å². The fourth-order valence-electron chi connectivity index (χ4n) is 1.60. The highest BCUT2D eigenvalue weighted by Crippen LogP contribution is 2.12. The van der Waals surface area contributed by atoms with Crippen LogP contribution in [0.4, 0.5) is 0 Å². The standard InChI is InChI=1S/C13H15N3O2/c1-18-12-4-2-3-10(7-12)9-14-13(17)8-11-5-6-15-16-11/h2-7H,8-9H2,1H3,(H,14,17)(H,15,16). The van der Waals surface area contributed by atoms with Gasteiger partial charge in [0.15, 0.2) is 0 Å². The van der Waals surface area contributed by atoms with Crippen LogP contribution in [0.3, 0.4) is 0 Å². The Morgan fingerprint density at radius 2 is 2.33 bits per heavy atom. The molecule has 0 unspecified atom stereocenters. The zero-order valence-electron chi connectivity index (χ0n) is 10.1. The van der Waals surface area contributed by atoms with E-state index in [9.17, 15) is 4.79 Å². The molecule has 0 aliphatic heterocycles. The van der Waals surface area contributed by atoms with Crippen LogP contribution in [0.25, 0.3) is 0 Å². The maximum absolute atomic E-state index is 11.6. The molecule has 5 nitrogen and oxygen atoms in total. The van der Waals surface area contributed by atoms with E-state index in [0.717, 1.165) is 17.0 Å². The smallest absolute Gasteiger partial charge is 0.226 e. The molecule has 0 bridgehead atoms. The third kappa shape index (κ3) is 3.35. The monoisotopic (exact) mass is 245 g/mol. The highest BCUT2D eigenvalue weighted by molar-refractivity contribution is 5.78. The molecule has 0 aliphatic carbocycles. The number of H-pyrrole nitrogens is 1. The molecule has 0 atom stereocenters. The van der Waals surface area contributed by atoms with E-state index in [1.807, 2.05) is 24.3 Å². The summed E-state index contributed by atoms with van der Waals surface area (Å²) < 4.78 is 5.12. The van der Waals surface area contributed by atoms with Crippen molar-refractivity contribution in [2.75, 3.05) is 7.11 Å². The quantitative estimate of drug-likeness (QED) is 0.833. The number of hydrogen-bond acceptors (Lipinski definition) is 3. The zero-order chi connectivity index (χ0) is 12.8. The summed E-state index contributed by atoms with van der Waals surface area (Å²) in [5, 5.41) is 9.39. The molecule has 0 fully saturated rings. The lowest BCUT2D eigenvalue weighted by atomic mass is 10.2. The van der Waals surface area contributed by atoms with Gasteiger partial charge in [-0.15, -0.1) is 0 Å². The Morgan fingerprint density at radius 3 is 3.06 bits per heavy atom. The summed E-state index contributed by atoms with van der Waals surface area (Å²) in [6, 6.07) is 9.39. The van der Waals surface area contributed by atoms with E-state index in [-0.39, 0.29) is 5.91 Å². The van der Waals surface area contributed by atoms with Gasteiger partial charge in [0.05, 0.1) is 13.5 Å².